The SMILES string of the molecule is O=S(=O)([O-])C(F)(F)C(F)(F)C(F)(F)C(F)(F)CCCCCC(F)(F)F.[Na+]. The quantitative estimate of drug-likeness (QED) is 0.236. The van der Waals surface area contributed by atoms with Crippen molar-refractivity contribution in [2.45, 2.75) is 61.3 Å². The van der Waals surface area contributed by atoms with E-state index in [1.165, 1.54) is 0 Å². The minimum absolute atomic E-state index is 0. The molecular formula is C10H10F11NaO3S. The zero-order chi connectivity index (χ0) is 20.5. The van der Waals surface area contributed by atoms with Crippen LogP contribution in [0.4, 0.5) is 48.3 Å². The van der Waals surface area contributed by atoms with E-state index >= 15 is 0 Å². The van der Waals surface area contributed by atoms with E-state index in [2.05, 4.69) is 0 Å². The molecule has 0 unspecified atom stereocenters. The second-order valence-electron chi connectivity index (χ2n) is 5.00. The third kappa shape index (κ3) is 6.07. The van der Waals surface area contributed by atoms with Crippen LogP contribution in [0.1, 0.15) is 32.1 Å². The Balaban J connectivity index is 0. The summed E-state index contributed by atoms with van der Waals surface area (Å²) in [5.41, 5.74) is 0. The number of rotatable bonds is 9. The third-order valence-electron chi connectivity index (χ3n) is 2.98. The number of hydrogen-bond acceptors (Lipinski definition) is 3. The van der Waals surface area contributed by atoms with E-state index in [1.807, 2.05) is 0 Å². The average molecular weight is 442 g/mol. The van der Waals surface area contributed by atoms with Crippen LogP contribution in [0.3, 0.4) is 0 Å². The van der Waals surface area contributed by atoms with Crippen LogP contribution in [0.25, 0.3) is 0 Å². The molecule has 0 spiro atoms. The maximum absolute atomic E-state index is 13.2. The van der Waals surface area contributed by atoms with Gasteiger partial charge in [0.15, 0.2) is 10.1 Å². The van der Waals surface area contributed by atoms with E-state index in [0.717, 1.165) is 0 Å². The smallest absolute Gasteiger partial charge is 0.743 e. The minimum atomic E-state index is -7.42. The molecule has 0 bridgehead atoms. The molecule has 3 nitrogen and oxygen atoms in total. The van der Waals surface area contributed by atoms with Crippen molar-refractivity contribution in [3.05, 3.63) is 0 Å². The normalized spacial score (nSPS) is 14.9. The Hall–Kier alpha value is 0.140. The Bertz CT molecular complexity index is 559. The Labute approximate surface area is 162 Å². The Morgan fingerprint density at radius 1 is 0.654 bits per heavy atom. The molecule has 0 amide bonds. The molecule has 0 saturated carbocycles. The molecule has 0 aromatic rings. The molecule has 0 aliphatic carbocycles. The van der Waals surface area contributed by atoms with Crippen molar-refractivity contribution in [2.75, 3.05) is 0 Å². The summed E-state index contributed by atoms with van der Waals surface area (Å²) in [5.74, 6) is -20.1. The molecule has 152 valence electrons. The van der Waals surface area contributed by atoms with Gasteiger partial charge in [0.05, 0.1) is 0 Å². The summed E-state index contributed by atoms with van der Waals surface area (Å²) < 4.78 is 169. The van der Waals surface area contributed by atoms with Crippen LogP contribution in [0.2, 0.25) is 0 Å². The fourth-order valence-corrected chi connectivity index (χ4v) is 2.02. The molecule has 0 fully saturated rings. The van der Waals surface area contributed by atoms with Gasteiger partial charge in [0.25, 0.3) is 0 Å². The fourth-order valence-electron chi connectivity index (χ4n) is 1.58. The molecule has 0 rings (SSSR count). The first-order valence-corrected chi connectivity index (χ1v) is 7.65. The van der Waals surface area contributed by atoms with Crippen molar-refractivity contribution >= 4 is 10.1 Å². The fraction of sp³-hybridized carbons (Fsp3) is 1.00. The molecule has 0 aromatic carbocycles. The van der Waals surface area contributed by atoms with Crippen molar-refractivity contribution in [1.29, 1.82) is 0 Å². The third-order valence-corrected chi connectivity index (χ3v) is 3.87. The second-order valence-corrected chi connectivity index (χ2v) is 6.42. The van der Waals surface area contributed by atoms with Gasteiger partial charge in [-0.3, -0.25) is 0 Å². The molecule has 0 atom stereocenters. The summed E-state index contributed by atoms with van der Waals surface area (Å²) in [6, 6.07) is 0. The topological polar surface area (TPSA) is 57.2 Å². The standard InChI is InChI=1S/C10H11F11O3S.Na/c11-6(12,4-2-1-3-5-7(13,14)15)8(16,17)9(18,19)10(20,21)25(22,23)24;/h1-5H2,(H,22,23,24);/q;+1/p-1. The zero-order valence-electron chi connectivity index (χ0n) is 12.8. The van der Waals surface area contributed by atoms with Crippen LogP contribution in [0.5, 0.6) is 0 Å². The maximum atomic E-state index is 13.2. The molecule has 0 radical (unpaired) electrons. The Morgan fingerprint density at radius 2 is 1.04 bits per heavy atom. The first kappa shape index (κ1) is 28.4. The molecular weight excluding hydrogens is 432 g/mol. The summed E-state index contributed by atoms with van der Waals surface area (Å²) in [6.45, 7) is 0. The molecule has 0 aliphatic rings. The van der Waals surface area contributed by atoms with Gasteiger partial charge in [-0.05, 0) is 12.8 Å². The first-order chi connectivity index (χ1) is 10.7. The van der Waals surface area contributed by atoms with Gasteiger partial charge in [0, 0.05) is 12.8 Å². The minimum Gasteiger partial charge on any atom is -0.743 e. The Kier molecular flexibility index (Phi) is 9.44. The second kappa shape index (κ2) is 8.66. The largest absolute Gasteiger partial charge is 1.00 e. The summed E-state index contributed by atoms with van der Waals surface area (Å²) in [6.07, 6.45) is -11.1. The van der Waals surface area contributed by atoms with Gasteiger partial charge in [0.2, 0.25) is 0 Å². The van der Waals surface area contributed by atoms with Gasteiger partial charge < -0.3 is 4.55 Å². The summed E-state index contributed by atoms with van der Waals surface area (Å²) in [7, 11) is -7.42. The van der Waals surface area contributed by atoms with Crippen LogP contribution in [0, 0.1) is 0 Å². The van der Waals surface area contributed by atoms with Crippen molar-refractivity contribution in [2.24, 2.45) is 0 Å². The van der Waals surface area contributed by atoms with Crippen LogP contribution < -0.4 is 29.6 Å². The number of alkyl halides is 11. The predicted octanol–water partition coefficient (Wildman–Crippen LogP) is 1.55. The molecule has 0 aliphatic heterocycles. The van der Waals surface area contributed by atoms with E-state index in [4.69, 9.17) is 0 Å². The maximum Gasteiger partial charge on any atom is 1.00 e. The average Bonchev–Trinajstić information content (AvgIpc) is 2.34. The van der Waals surface area contributed by atoms with Crippen LogP contribution in [-0.4, -0.2) is 42.2 Å². The van der Waals surface area contributed by atoms with Gasteiger partial charge in [-0.1, -0.05) is 6.42 Å². The molecule has 16 heteroatoms. The molecule has 0 aromatic heterocycles. The van der Waals surface area contributed by atoms with Gasteiger partial charge in [-0.15, -0.1) is 0 Å². The van der Waals surface area contributed by atoms with Crippen LogP contribution in [-0.2, 0) is 10.1 Å². The van der Waals surface area contributed by atoms with E-state index in [9.17, 15) is 61.3 Å². The molecule has 0 N–H and O–H groups in total. The summed E-state index contributed by atoms with van der Waals surface area (Å²) >= 11 is 0. The zero-order valence-corrected chi connectivity index (χ0v) is 15.6. The van der Waals surface area contributed by atoms with Crippen LogP contribution >= 0.6 is 0 Å². The molecule has 26 heavy (non-hydrogen) atoms. The monoisotopic (exact) mass is 442 g/mol. The number of hydrogen-bond donors (Lipinski definition) is 0. The number of halogens is 11. The van der Waals surface area contributed by atoms with Crippen molar-refractivity contribution < 1.29 is 90.8 Å². The van der Waals surface area contributed by atoms with Gasteiger partial charge in [-0.25, -0.2) is 8.42 Å². The van der Waals surface area contributed by atoms with E-state index in [1.54, 1.807) is 0 Å². The van der Waals surface area contributed by atoms with E-state index < -0.39 is 71.4 Å². The summed E-state index contributed by atoms with van der Waals surface area (Å²) in [5, 5.41) is -7.04. The van der Waals surface area contributed by atoms with Crippen molar-refractivity contribution in [1.82, 2.24) is 0 Å². The van der Waals surface area contributed by atoms with Gasteiger partial charge >= 0.3 is 58.8 Å². The Morgan fingerprint density at radius 3 is 1.38 bits per heavy atom. The molecule has 0 heterocycles. The summed E-state index contributed by atoms with van der Waals surface area (Å²) in [4.78, 5) is 0. The van der Waals surface area contributed by atoms with E-state index in [0.29, 0.717) is 0 Å². The van der Waals surface area contributed by atoms with Crippen LogP contribution in [0.15, 0.2) is 0 Å². The van der Waals surface area contributed by atoms with Crippen molar-refractivity contribution in [3.8, 4) is 0 Å². The van der Waals surface area contributed by atoms with Gasteiger partial charge in [-0.2, -0.15) is 48.3 Å². The van der Waals surface area contributed by atoms with Gasteiger partial charge in [0.1, 0.15) is 0 Å². The van der Waals surface area contributed by atoms with E-state index in [-0.39, 0.29) is 29.6 Å². The van der Waals surface area contributed by atoms with Crippen molar-refractivity contribution in [3.63, 3.8) is 0 Å². The predicted molar refractivity (Wildman–Crippen MR) is 58.6 cm³/mol. The number of unbranched alkanes of at least 4 members (excludes halogenated alkanes) is 2. The first-order valence-electron chi connectivity index (χ1n) is 6.24. The molecule has 0 saturated heterocycles.